The normalized spacial score (nSPS) is 10.5. The number of hydrogen-bond acceptors (Lipinski definition) is 3. The van der Waals surface area contributed by atoms with E-state index in [1.165, 1.54) is 13.2 Å². The number of fused-ring (bicyclic) bond motifs is 1. The van der Waals surface area contributed by atoms with E-state index < -0.39 is 5.97 Å². The Hall–Kier alpha value is -1.08. The highest BCUT2D eigenvalue weighted by molar-refractivity contribution is 14.1. The Morgan fingerprint density at radius 3 is 2.76 bits per heavy atom. The number of nitrogens with zero attached hydrogens (tertiary/aromatic N) is 1. The number of hydrogen-bond donors (Lipinski definition) is 1. The largest absolute Gasteiger partial charge is 0.496 e. The molecule has 0 saturated carbocycles. The Morgan fingerprint density at radius 2 is 2.18 bits per heavy atom. The van der Waals surface area contributed by atoms with E-state index in [-0.39, 0.29) is 5.69 Å². The number of benzene rings is 1. The molecule has 0 aliphatic rings. The lowest BCUT2D eigenvalue weighted by atomic mass is 10.2. The van der Waals surface area contributed by atoms with Crippen molar-refractivity contribution in [3.05, 3.63) is 32.5 Å². The number of carbonyl (C=O) groups is 1. The topological polar surface area (TPSA) is 59.4 Å². The molecule has 1 aromatic carbocycles. The summed E-state index contributed by atoms with van der Waals surface area (Å²) in [6.45, 7) is 0. The second kappa shape index (κ2) is 4.66. The van der Waals surface area contributed by atoms with Crippen molar-refractivity contribution >= 4 is 51.1 Å². The number of halogens is 2. The molecule has 0 aliphatic heterocycles. The minimum absolute atomic E-state index is 0.0857. The molecule has 0 unspecified atom stereocenters. The number of ether oxygens (including phenoxy) is 1. The number of aromatic carboxylic acids is 1. The number of rotatable bonds is 2. The summed E-state index contributed by atoms with van der Waals surface area (Å²) < 4.78 is 6.10. The van der Waals surface area contributed by atoms with Crippen LogP contribution in [0.3, 0.4) is 0 Å². The number of pyridine rings is 1. The molecule has 0 radical (unpaired) electrons. The molecule has 2 aromatic rings. The highest BCUT2D eigenvalue weighted by atomic mass is 127. The second-order valence-electron chi connectivity index (χ2n) is 3.30. The minimum atomic E-state index is -1.11. The van der Waals surface area contributed by atoms with Gasteiger partial charge in [-0.2, -0.15) is 0 Å². The van der Waals surface area contributed by atoms with Crippen LogP contribution >= 0.6 is 34.2 Å². The van der Waals surface area contributed by atoms with E-state index in [4.69, 9.17) is 21.4 Å². The lowest BCUT2D eigenvalue weighted by molar-refractivity contribution is 0.0690. The molecular weight excluding hydrogens is 356 g/mol. The van der Waals surface area contributed by atoms with Gasteiger partial charge in [0.2, 0.25) is 0 Å². The van der Waals surface area contributed by atoms with E-state index >= 15 is 0 Å². The number of carboxylic acid groups (broad SMARTS) is 1. The van der Waals surface area contributed by atoms with E-state index in [1.807, 2.05) is 6.07 Å². The first kappa shape index (κ1) is 12.4. The third kappa shape index (κ3) is 2.30. The molecule has 0 amide bonds. The summed E-state index contributed by atoms with van der Waals surface area (Å²) in [7, 11) is 1.48. The van der Waals surface area contributed by atoms with E-state index in [0.29, 0.717) is 21.7 Å². The maximum atomic E-state index is 10.9. The Bertz CT molecular complexity index is 615. The number of methoxy groups -OCH3 is 1. The Kier molecular flexibility index (Phi) is 3.39. The monoisotopic (exact) mass is 363 g/mol. The predicted octanol–water partition coefficient (Wildman–Crippen LogP) is 3.20. The summed E-state index contributed by atoms with van der Waals surface area (Å²) in [5.74, 6) is -0.660. The van der Waals surface area contributed by atoms with Crippen molar-refractivity contribution < 1.29 is 14.6 Å². The van der Waals surface area contributed by atoms with Crippen LogP contribution in [-0.2, 0) is 0 Å². The molecule has 0 spiro atoms. The van der Waals surface area contributed by atoms with Crippen LogP contribution in [0.5, 0.6) is 5.75 Å². The van der Waals surface area contributed by atoms with Gasteiger partial charge in [-0.25, -0.2) is 9.78 Å². The van der Waals surface area contributed by atoms with E-state index in [9.17, 15) is 4.79 Å². The fraction of sp³-hybridized carbons (Fsp3) is 0.0909. The summed E-state index contributed by atoms with van der Waals surface area (Å²) in [5.41, 5.74) is 0.348. The van der Waals surface area contributed by atoms with Gasteiger partial charge in [0.15, 0.2) is 5.69 Å². The molecule has 1 aromatic heterocycles. The van der Waals surface area contributed by atoms with Crippen molar-refractivity contribution in [2.75, 3.05) is 7.11 Å². The summed E-state index contributed by atoms with van der Waals surface area (Å²) in [6.07, 6.45) is 0. The molecule has 17 heavy (non-hydrogen) atoms. The van der Waals surface area contributed by atoms with Crippen LogP contribution < -0.4 is 4.74 Å². The van der Waals surface area contributed by atoms with Crippen molar-refractivity contribution in [2.45, 2.75) is 0 Å². The first-order chi connectivity index (χ1) is 8.02. The number of aromatic nitrogens is 1. The standard InChI is InChI=1S/C11H7ClINO3/c1-17-9-4-8(11(15)16)14-10-6(9)2-5(13)3-7(10)12/h2-4H,1H3,(H,15,16). The summed E-state index contributed by atoms with van der Waals surface area (Å²) in [5, 5.41) is 10.1. The SMILES string of the molecule is COc1cc(C(=O)O)nc2c(Cl)cc(I)cc12. The van der Waals surface area contributed by atoms with Gasteiger partial charge < -0.3 is 9.84 Å². The van der Waals surface area contributed by atoms with Gasteiger partial charge in [0.25, 0.3) is 0 Å². The zero-order valence-corrected chi connectivity index (χ0v) is 11.6. The Labute approximate surface area is 116 Å². The van der Waals surface area contributed by atoms with Gasteiger partial charge in [-0.05, 0) is 34.7 Å². The van der Waals surface area contributed by atoms with Crippen LogP contribution in [0.2, 0.25) is 5.02 Å². The third-order valence-electron chi connectivity index (χ3n) is 2.23. The average Bonchev–Trinajstić information content (AvgIpc) is 2.27. The first-order valence-electron chi connectivity index (χ1n) is 4.60. The highest BCUT2D eigenvalue weighted by Gasteiger charge is 2.14. The molecule has 0 atom stereocenters. The minimum Gasteiger partial charge on any atom is -0.496 e. The maximum absolute atomic E-state index is 10.9. The van der Waals surface area contributed by atoms with Gasteiger partial charge >= 0.3 is 5.97 Å². The second-order valence-corrected chi connectivity index (χ2v) is 4.95. The third-order valence-corrected chi connectivity index (χ3v) is 3.14. The van der Waals surface area contributed by atoms with E-state index in [2.05, 4.69) is 27.6 Å². The van der Waals surface area contributed by atoms with Gasteiger partial charge in [-0.15, -0.1) is 0 Å². The molecule has 1 heterocycles. The fourth-order valence-electron chi connectivity index (χ4n) is 1.50. The molecular formula is C11H7ClINO3. The van der Waals surface area contributed by atoms with Crippen LogP contribution in [0.4, 0.5) is 0 Å². The van der Waals surface area contributed by atoms with Crippen LogP contribution in [0, 0.1) is 3.57 Å². The highest BCUT2D eigenvalue weighted by Crippen LogP contribution is 2.31. The maximum Gasteiger partial charge on any atom is 0.354 e. The molecule has 0 aliphatic carbocycles. The summed E-state index contributed by atoms with van der Waals surface area (Å²) in [6, 6.07) is 4.96. The van der Waals surface area contributed by atoms with Crippen molar-refractivity contribution in [2.24, 2.45) is 0 Å². The molecule has 0 fully saturated rings. The van der Waals surface area contributed by atoms with Gasteiger partial charge in [-0.1, -0.05) is 11.6 Å². The van der Waals surface area contributed by atoms with Crippen LogP contribution in [0.15, 0.2) is 18.2 Å². The first-order valence-corrected chi connectivity index (χ1v) is 6.05. The van der Waals surface area contributed by atoms with Gasteiger partial charge in [0.1, 0.15) is 5.75 Å². The molecule has 88 valence electrons. The lowest BCUT2D eigenvalue weighted by Gasteiger charge is -2.08. The Morgan fingerprint density at radius 1 is 1.47 bits per heavy atom. The van der Waals surface area contributed by atoms with Crippen molar-refractivity contribution in [1.29, 1.82) is 0 Å². The van der Waals surface area contributed by atoms with Crippen molar-refractivity contribution in [3.8, 4) is 5.75 Å². The summed E-state index contributed by atoms with van der Waals surface area (Å²) in [4.78, 5) is 14.9. The van der Waals surface area contributed by atoms with Crippen LogP contribution in [-0.4, -0.2) is 23.2 Å². The van der Waals surface area contributed by atoms with Crippen LogP contribution in [0.1, 0.15) is 10.5 Å². The van der Waals surface area contributed by atoms with Gasteiger partial charge in [0.05, 0.1) is 17.6 Å². The molecule has 4 nitrogen and oxygen atoms in total. The van der Waals surface area contributed by atoms with Gasteiger partial charge in [-0.3, -0.25) is 0 Å². The number of carboxylic acids is 1. The molecule has 2 rings (SSSR count). The van der Waals surface area contributed by atoms with Gasteiger partial charge in [0, 0.05) is 15.0 Å². The lowest BCUT2D eigenvalue weighted by Crippen LogP contribution is -2.02. The van der Waals surface area contributed by atoms with Crippen molar-refractivity contribution in [1.82, 2.24) is 4.98 Å². The van der Waals surface area contributed by atoms with Crippen LogP contribution in [0.25, 0.3) is 10.9 Å². The average molecular weight is 364 g/mol. The van der Waals surface area contributed by atoms with Crippen molar-refractivity contribution in [3.63, 3.8) is 0 Å². The predicted molar refractivity (Wildman–Crippen MR) is 73.0 cm³/mol. The Balaban J connectivity index is 2.87. The molecule has 6 heteroatoms. The molecule has 0 saturated heterocycles. The van der Waals surface area contributed by atoms with E-state index in [0.717, 1.165) is 3.57 Å². The molecule has 0 bridgehead atoms. The fourth-order valence-corrected chi connectivity index (χ4v) is 2.57. The van der Waals surface area contributed by atoms with E-state index in [1.54, 1.807) is 6.07 Å². The summed E-state index contributed by atoms with van der Waals surface area (Å²) >= 11 is 8.18. The molecule has 1 N–H and O–H groups in total. The zero-order valence-electron chi connectivity index (χ0n) is 8.70. The zero-order chi connectivity index (χ0) is 12.6. The smallest absolute Gasteiger partial charge is 0.354 e. The quantitative estimate of drug-likeness (QED) is 0.833.